The van der Waals surface area contributed by atoms with Crippen molar-refractivity contribution in [2.45, 2.75) is 39.5 Å². The summed E-state index contributed by atoms with van der Waals surface area (Å²) in [6, 6.07) is 0. The van der Waals surface area contributed by atoms with Crippen LogP contribution in [0.5, 0.6) is 0 Å². The molecule has 0 aliphatic heterocycles. The average Bonchev–Trinajstić information content (AvgIpc) is 2.05. The third kappa shape index (κ3) is 7.78. The lowest BCUT2D eigenvalue weighted by atomic mass is 9.83. The summed E-state index contributed by atoms with van der Waals surface area (Å²) in [7, 11) is 0. The van der Waals surface area contributed by atoms with Crippen LogP contribution in [-0.2, 0) is 4.79 Å². The predicted molar refractivity (Wildman–Crippen MR) is 53.5 cm³/mol. The molecule has 0 bridgehead atoms. The van der Waals surface area contributed by atoms with Crippen molar-refractivity contribution < 1.29 is 9.90 Å². The Balaban J connectivity index is 0.000000310. The highest BCUT2D eigenvalue weighted by Crippen LogP contribution is 2.26. The van der Waals surface area contributed by atoms with Crippen LogP contribution < -0.4 is 5.73 Å². The number of carboxylic acid groups (broad SMARTS) is 1. The van der Waals surface area contributed by atoms with Crippen molar-refractivity contribution >= 4 is 5.97 Å². The van der Waals surface area contributed by atoms with Crippen molar-refractivity contribution in [3.05, 3.63) is 0 Å². The van der Waals surface area contributed by atoms with E-state index in [1.165, 1.54) is 25.7 Å². The third-order valence-corrected chi connectivity index (χ3v) is 2.47. The topological polar surface area (TPSA) is 63.3 Å². The SMILES string of the molecule is CC(=O)O.CC1CCC(CN)CC1. The van der Waals surface area contributed by atoms with Gasteiger partial charge in [-0.2, -0.15) is 0 Å². The number of rotatable bonds is 1. The highest BCUT2D eigenvalue weighted by Gasteiger charge is 2.15. The van der Waals surface area contributed by atoms with Gasteiger partial charge in [-0.25, -0.2) is 0 Å². The Kier molecular flexibility index (Phi) is 6.59. The zero-order valence-electron chi connectivity index (χ0n) is 8.62. The summed E-state index contributed by atoms with van der Waals surface area (Å²) in [6.45, 7) is 4.33. The summed E-state index contributed by atoms with van der Waals surface area (Å²) in [4.78, 5) is 9.00. The van der Waals surface area contributed by atoms with E-state index in [0.29, 0.717) is 0 Å². The van der Waals surface area contributed by atoms with E-state index in [-0.39, 0.29) is 0 Å². The van der Waals surface area contributed by atoms with Gasteiger partial charge >= 0.3 is 0 Å². The Labute approximate surface area is 80.3 Å². The first kappa shape index (κ1) is 12.4. The second-order valence-electron chi connectivity index (χ2n) is 3.88. The van der Waals surface area contributed by atoms with Crippen molar-refractivity contribution in [3.63, 3.8) is 0 Å². The average molecular weight is 187 g/mol. The van der Waals surface area contributed by atoms with E-state index in [1.807, 2.05) is 0 Å². The van der Waals surface area contributed by atoms with Gasteiger partial charge in [0.2, 0.25) is 0 Å². The molecule has 1 rings (SSSR count). The third-order valence-electron chi connectivity index (χ3n) is 2.47. The van der Waals surface area contributed by atoms with Gasteiger partial charge < -0.3 is 10.8 Å². The smallest absolute Gasteiger partial charge is 0.300 e. The molecular weight excluding hydrogens is 166 g/mol. The molecule has 0 amide bonds. The Hall–Kier alpha value is -0.570. The van der Waals surface area contributed by atoms with Gasteiger partial charge in [0.15, 0.2) is 0 Å². The summed E-state index contributed by atoms with van der Waals surface area (Å²) in [5, 5.41) is 7.42. The predicted octanol–water partition coefficient (Wildman–Crippen LogP) is 1.86. The molecular formula is C10H21NO2. The van der Waals surface area contributed by atoms with Crippen molar-refractivity contribution in [2.24, 2.45) is 17.6 Å². The first-order valence-corrected chi connectivity index (χ1v) is 4.95. The fraction of sp³-hybridized carbons (Fsp3) is 0.900. The van der Waals surface area contributed by atoms with Gasteiger partial charge in [0.05, 0.1) is 0 Å². The number of carboxylic acids is 1. The molecule has 0 heterocycles. The summed E-state index contributed by atoms with van der Waals surface area (Å²) in [5.74, 6) is 0.981. The van der Waals surface area contributed by atoms with Gasteiger partial charge in [-0.15, -0.1) is 0 Å². The molecule has 1 aliphatic carbocycles. The molecule has 1 aliphatic rings. The van der Waals surface area contributed by atoms with Crippen LogP contribution >= 0.6 is 0 Å². The Morgan fingerprint density at radius 2 is 1.77 bits per heavy atom. The monoisotopic (exact) mass is 187 g/mol. The van der Waals surface area contributed by atoms with E-state index in [1.54, 1.807) is 0 Å². The minimum Gasteiger partial charge on any atom is -0.481 e. The lowest BCUT2D eigenvalue weighted by Gasteiger charge is -2.24. The molecule has 3 heteroatoms. The van der Waals surface area contributed by atoms with Crippen molar-refractivity contribution in [1.82, 2.24) is 0 Å². The normalized spacial score (nSPS) is 27.3. The van der Waals surface area contributed by atoms with E-state index >= 15 is 0 Å². The van der Waals surface area contributed by atoms with Crippen molar-refractivity contribution in [2.75, 3.05) is 6.54 Å². The number of carbonyl (C=O) groups is 1. The van der Waals surface area contributed by atoms with Crippen LogP contribution in [0.25, 0.3) is 0 Å². The van der Waals surface area contributed by atoms with Crippen molar-refractivity contribution in [1.29, 1.82) is 0 Å². The fourth-order valence-electron chi connectivity index (χ4n) is 1.56. The fourth-order valence-corrected chi connectivity index (χ4v) is 1.56. The summed E-state index contributed by atoms with van der Waals surface area (Å²) >= 11 is 0. The molecule has 3 N–H and O–H groups in total. The zero-order valence-corrected chi connectivity index (χ0v) is 8.62. The molecule has 78 valence electrons. The van der Waals surface area contributed by atoms with Gasteiger partial charge in [-0.1, -0.05) is 19.8 Å². The van der Waals surface area contributed by atoms with Crippen LogP contribution in [-0.4, -0.2) is 17.6 Å². The molecule has 0 atom stereocenters. The van der Waals surface area contributed by atoms with E-state index in [9.17, 15) is 0 Å². The first-order valence-electron chi connectivity index (χ1n) is 4.95. The van der Waals surface area contributed by atoms with Crippen LogP contribution in [0.1, 0.15) is 39.5 Å². The number of hydrogen-bond donors (Lipinski definition) is 2. The van der Waals surface area contributed by atoms with Crippen LogP contribution in [0.3, 0.4) is 0 Å². The standard InChI is InChI=1S/C8H17N.C2H4O2/c1-7-2-4-8(6-9)5-3-7;1-2(3)4/h7-8H,2-6,9H2,1H3;1H3,(H,3,4). The Morgan fingerprint density at radius 1 is 1.38 bits per heavy atom. The Morgan fingerprint density at radius 3 is 2.08 bits per heavy atom. The van der Waals surface area contributed by atoms with E-state index in [2.05, 4.69) is 6.92 Å². The molecule has 0 aromatic carbocycles. The van der Waals surface area contributed by atoms with E-state index in [4.69, 9.17) is 15.6 Å². The summed E-state index contributed by atoms with van der Waals surface area (Å²) in [6.07, 6.45) is 5.55. The molecule has 0 aromatic heterocycles. The second-order valence-corrected chi connectivity index (χ2v) is 3.88. The van der Waals surface area contributed by atoms with Crippen molar-refractivity contribution in [3.8, 4) is 0 Å². The summed E-state index contributed by atoms with van der Waals surface area (Å²) < 4.78 is 0. The molecule has 1 saturated carbocycles. The van der Waals surface area contributed by atoms with Gasteiger partial charge in [0.1, 0.15) is 0 Å². The molecule has 0 aromatic rings. The number of hydrogen-bond acceptors (Lipinski definition) is 2. The molecule has 13 heavy (non-hydrogen) atoms. The highest BCUT2D eigenvalue weighted by atomic mass is 16.4. The minimum absolute atomic E-state index is 0.833. The zero-order chi connectivity index (χ0) is 10.3. The Bertz CT molecular complexity index is 136. The lowest BCUT2D eigenvalue weighted by molar-refractivity contribution is -0.134. The molecule has 0 spiro atoms. The van der Waals surface area contributed by atoms with Gasteiger partial charge in [0.25, 0.3) is 5.97 Å². The lowest BCUT2D eigenvalue weighted by Crippen LogP contribution is -2.20. The first-order chi connectivity index (χ1) is 6.06. The minimum atomic E-state index is -0.833. The number of nitrogens with two attached hydrogens (primary N) is 1. The van der Waals surface area contributed by atoms with Crippen LogP contribution in [0.15, 0.2) is 0 Å². The van der Waals surface area contributed by atoms with Gasteiger partial charge in [0, 0.05) is 6.92 Å². The van der Waals surface area contributed by atoms with Crippen LogP contribution in [0, 0.1) is 11.8 Å². The highest BCUT2D eigenvalue weighted by molar-refractivity contribution is 5.62. The molecule has 3 nitrogen and oxygen atoms in total. The maximum Gasteiger partial charge on any atom is 0.300 e. The molecule has 0 radical (unpaired) electrons. The maximum atomic E-state index is 9.00. The molecule has 0 unspecified atom stereocenters. The number of aliphatic carboxylic acids is 1. The quantitative estimate of drug-likeness (QED) is 0.658. The second kappa shape index (κ2) is 6.89. The van der Waals surface area contributed by atoms with Gasteiger partial charge in [-0.3, -0.25) is 4.79 Å². The maximum absolute atomic E-state index is 9.00. The van der Waals surface area contributed by atoms with Gasteiger partial charge in [-0.05, 0) is 31.2 Å². The van der Waals surface area contributed by atoms with Crippen LogP contribution in [0.4, 0.5) is 0 Å². The van der Waals surface area contributed by atoms with E-state index < -0.39 is 5.97 Å². The van der Waals surface area contributed by atoms with Crippen LogP contribution in [0.2, 0.25) is 0 Å². The summed E-state index contributed by atoms with van der Waals surface area (Å²) in [5.41, 5.74) is 5.55. The van der Waals surface area contributed by atoms with E-state index in [0.717, 1.165) is 25.3 Å². The molecule has 0 saturated heterocycles. The largest absolute Gasteiger partial charge is 0.481 e. The molecule has 1 fully saturated rings.